The number of amides is 2. The Morgan fingerprint density at radius 2 is 1.92 bits per heavy atom. The van der Waals surface area contributed by atoms with E-state index in [2.05, 4.69) is 15.4 Å². The summed E-state index contributed by atoms with van der Waals surface area (Å²) in [5.41, 5.74) is 2.78. The van der Waals surface area contributed by atoms with Crippen molar-refractivity contribution in [1.82, 2.24) is 19.7 Å². The summed E-state index contributed by atoms with van der Waals surface area (Å²) in [7, 11) is 0. The fourth-order valence-corrected chi connectivity index (χ4v) is 5.52. The molecule has 2 N–H and O–H groups in total. The van der Waals surface area contributed by atoms with Gasteiger partial charge < -0.3 is 10.2 Å². The first-order chi connectivity index (χ1) is 17.6. The zero-order chi connectivity index (χ0) is 24.6. The molecule has 2 aliphatic rings. The highest BCUT2D eigenvalue weighted by atomic mass is 32.1. The highest BCUT2D eigenvalue weighted by Crippen LogP contribution is 2.30. The van der Waals surface area contributed by atoms with Gasteiger partial charge in [-0.25, -0.2) is 4.98 Å². The molecule has 9 nitrogen and oxygen atoms in total. The van der Waals surface area contributed by atoms with Crippen LogP contribution in [0, 0.1) is 5.92 Å². The van der Waals surface area contributed by atoms with Crippen molar-refractivity contribution >= 4 is 34.7 Å². The molecule has 0 bridgehead atoms. The van der Waals surface area contributed by atoms with E-state index >= 15 is 0 Å². The number of aryl methyl sites for hydroxylation is 1. The monoisotopic (exact) mass is 500 g/mol. The van der Waals surface area contributed by atoms with Gasteiger partial charge in [0.15, 0.2) is 0 Å². The Kier molecular flexibility index (Phi) is 5.73. The molecular weight excluding hydrogens is 476 g/mol. The lowest BCUT2D eigenvalue weighted by molar-refractivity contribution is -0.122. The van der Waals surface area contributed by atoms with E-state index in [1.165, 1.54) is 16.0 Å². The van der Waals surface area contributed by atoms with Crippen LogP contribution in [0.2, 0.25) is 0 Å². The number of hydrogen-bond acceptors (Lipinski definition) is 6. The minimum atomic E-state index is -0.512. The summed E-state index contributed by atoms with van der Waals surface area (Å²) in [6, 6.07) is 15.0. The number of carbonyl (C=O) groups is 2. The molecular formula is C26H24N6O3S. The molecule has 0 saturated carbocycles. The lowest BCUT2D eigenvalue weighted by Crippen LogP contribution is -2.29. The number of anilines is 2. The van der Waals surface area contributed by atoms with Gasteiger partial charge in [0.25, 0.3) is 5.56 Å². The Balaban J connectivity index is 1.32. The lowest BCUT2D eigenvalue weighted by Gasteiger charge is -2.17. The SMILES string of the molecule is O=C(Nc1cc(-c2cccs2)nn1-c1nc2c(c(=O)[nH]1)CCCC2)C1CC(=O)N(c2ccccc2)C1. The molecule has 1 atom stereocenters. The third-order valence-corrected chi connectivity index (χ3v) is 7.57. The molecule has 1 aliphatic carbocycles. The molecule has 10 heteroatoms. The number of aromatic nitrogens is 4. The normalized spacial score (nSPS) is 17.3. The molecule has 3 aromatic heterocycles. The second-order valence-electron chi connectivity index (χ2n) is 9.06. The number of thiophene rings is 1. The van der Waals surface area contributed by atoms with Crippen molar-refractivity contribution in [3.05, 3.63) is 75.5 Å². The van der Waals surface area contributed by atoms with Crippen LogP contribution in [-0.4, -0.2) is 38.1 Å². The molecule has 36 heavy (non-hydrogen) atoms. The standard InChI is InChI=1S/C26H24N6O3S/c33-23-13-16(15-31(23)17-7-2-1-3-8-17)24(34)28-22-14-20(21-11-6-12-36-21)30-32(22)26-27-19-10-5-4-9-18(19)25(35)29-26/h1-3,6-8,11-12,14,16H,4-5,9-10,13,15H2,(H,28,34)(H,27,29,35). The molecule has 4 aromatic rings. The van der Waals surface area contributed by atoms with E-state index in [-0.39, 0.29) is 29.7 Å². The van der Waals surface area contributed by atoms with Gasteiger partial charge in [-0.15, -0.1) is 11.3 Å². The van der Waals surface area contributed by atoms with Crippen LogP contribution in [0.5, 0.6) is 0 Å². The summed E-state index contributed by atoms with van der Waals surface area (Å²) in [4.78, 5) is 48.8. The quantitative estimate of drug-likeness (QED) is 0.435. The van der Waals surface area contributed by atoms with Crippen LogP contribution < -0.4 is 15.8 Å². The van der Waals surface area contributed by atoms with Gasteiger partial charge in [0, 0.05) is 30.3 Å². The fourth-order valence-electron chi connectivity index (χ4n) is 4.84. The van der Waals surface area contributed by atoms with Crippen LogP contribution in [0.4, 0.5) is 11.5 Å². The smallest absolute Gasteiger partial charge is 0.255 e. The van der Waals surface area contributed by atoms with Crippen LogP contribution >= 0.6 is 11.3 Å². The van der Waals surface area contributed by atoms with Crippen LogP contribution in [0.3, 0.4) is 0 Å². The molecule has 1 saturated heterocycles. The molecule has 1 aliphatic heterocycles. The average Bonchev–Trinajstić information content (AvgIpc) is 3.65. The number of hydrogen-bond donors (Lipinski definition) is 2. The van der Waals surface area contributed by atoms with Gasteiger partial charge >= 0.3 is 0 Å². The van der Waals surface area contributed by atoms with Gasteiger partial charge in [0.1, 0.15) is 11.5 Å². The molecule has 0 radical (unpaired) electrons. The van der Waals surface area contributed by atoms with Crippen molar-refractivity contribution in [2.75, 3.05) is 16.8 Å². The minimum Gasteiger partial charge on any atom is -0.312 e. The first-order valence-electron chi connectivity index (χ1n) is 12.0. The van der Waals surface area contributed by atoms with Gasteiger partial charge in [0.2, 0.25) is 17.8 Å². The van der Waals surface area contributed by atoms with Crippen LogP contribution in [0.1, 0.15) is 30.5 Å². The first kappa shape index (κ1) is 22.4. The zero-order valence-electron chi connectivity index (χ0n) is 19.4. The maximum Gasteiger partial charge on any atom is 0.255 e. The highest BCUT2D eigenvalue weighted by molar-refractivity contribution is 7.13. The minimum absolute atomic E-state index is 0.0881. The number of H-pyrrole nitrogens is 1. The van der Waals surface area contributed by atoms with Gasteiger partial charge in [0.05, 0.1) is 16.5 Å². The predicted octanol–water partition coefficient (Wildman–Crippen LogP) is 3.55. The molecule has 182 valence electrons. The maximum atomic E-state index is 13.3. The average molecular weight is 501 g/mol. The van der Waals surface area contributed by atoms with E-state index in [9.17, 15) is 14.4 Å². The summed E-state index contributed by atoms with van der Waals surface area (Å²) in [5, 5.41) is 9.58. The van der Waals surface area contributed by atoms with E-state index in [4.69, 9.17) is 4.98 Å². The van der Waals surface area contributed by atoms with Crippen molar-refractivity contribution < 1.29 is 9.59 Å². The number of carbonyl (C=O) groups excluding carboxylic acids is 2. The fraction of sp³-hybridized carbons (Fsp3) is 0.269. The van der Waals surface area contributed by atoms with Gasteiger partial charge in [-0.1, -0.05) is 24.3 Å². The summed E-state index contributed by atoms with van der Waals surface area (Å²) < 4.78 is 1.48. The van der Waals surface area contributed by atoms with Crippen LogP contribution in [-0.2, 0) is 22.4 Å². The largest absolute Gasteiger partial charge is 0.312 e. The third-order valence-electron chi connectivity index (χ3n) is 6.68. The summed E-state index contributed by atoms with van der Waals surface area (Å²) in [6.45, 7) is 0.300. The first-order valence-corrected chi connectivity index (χ1v) is 12.9. The summed E-state index contributed by atoms with van der Waals surface area (Å²) >= 11 is 1.53. The predicted molar refractivity (Wildman–Crippen MR) is 137 cm³/mol. The Bertz CT molecular complexity index is 1490. The third kappa shape index (κ3) is 4.13. The molecule has 1 aromatic carbocycles. The van der Waals surface area contributed by atoms with Crippen LogP contribution in [0.15, 0.2) is 58.7 Å². The number of rotatable bonds is 5. The second-order valence-corrected chi connectivity index (χ2v) is 10.0. The van der Waals surface area contributed by atoms with Crippen molar-refractivity contribution in [2.45, 2.75) is 32.1 Å². The second kappa shape index (κ2) is 9.19. The van der Waals surface area contributed by atoms with E-state index < -0.39 is 5.92 Å². The molecule has 0 spiro atoms. The number of nitrogens with zero attached hydrogens (tertiary/aromatic N) is 4. The Morgan fingerprint density at radius 3 is 2.72 bits per heavy atom. The maximum absolute atomic E-state index is 13.3. The highest BCUT2D eigenvalue weighted by Gasteiger charge is 2.35. The van der Waals surface area contributed by atoms with Gasteiger partial charge in [-0.05, 0) is 49.3 Å². The number of nitrogens with one attached hydrogen (secondary N) is 2. The lowest BCUT2D eigenvalue weighted by atomic mass is 9.97. The van der Waals surface area contributed by atoms with E-state index in [1.54, 1.807) is 11.0 Å². The molecule has 4 heterocycles. The topological polar surface area (TPSA) is 113 Å². The van der Waals surface area contributed by atoms with Gasteiger partial charge in [-0.2, -0.15) is 9.78 Å². The number of para-hydroxylation sites is 1. The number of benzene rings is 1. The Labute approximate surface area is 210 Å². The van der Waals surface area contributed by atoms with E-state index in [1.807, 2.05) is 47.8 Å². The van der Waals surface area contributed by atoms with E-state index in [0.717, 1.165) is 41.1 Å². The molecule has 6 rings (SSSR count). The van der Waals surface area contributed by atoms with Gasteiger partial charge in [-0.3, -0.25) is 19.4 Å². The summed E-state index contributed by atoms with van der Waals surface area (Å²) in [6.07, 6.45) is 3.55. The molecule has 1 unspecified atom stereocenters. The molecule has 2 amide bonds. The van der Waals surface area contributed by atoms with Crippen LogP contribution in [0.25, 0.3) is 16.5 Å². The van der Waals surface area contributed by atoms with Crippen molar-refractivity contribution in [3.63, 3.8) is 0 Å². The van der Waals surface area contributed by atoms with Crippen molar-refractivity contribution in [1.29, 1.82) is 0 Å². The summed E-state index contributed by atoms with van der Waals surface area (Å²) in [5.74, 6) is -0.211. The number of fused-ring (bicyclic) bond motifs is 1. The van der Waals surface area contributed by atoms with Crippen molar-refractivity contribution in [2.24, 2.45) is 5.92 Å². The number of aromatic amines is 1. The Hall–Kier alpha value is -4.05. The molecule has 1 fully saturated rings. The van der Waals surface area contributed by atoms with Crippen molar-refractivity contribution in [3.8, 4) is 16.5 Å². The zero-order valence-corrected chi connectivity index (χ0v) is 20.3. The van der Waals surface area contributed by atoms with E-state index in [0.29, 0.717) is 24.5 Å². The Morgan fingerprint density at radius 1 is 1.08 bits per heavy atom.